The normalized spacial score (nSPS) is 10.7. The molecule has 0 aliphatic carbocycles. The van der Waals surface area contributed by atoms with E-state index in [-0.39, 0.29) is 0 Å². The van der Waals surface area contributed by atoms with Crippen LogP contribution in [0.25, 0.3) is 0 Å². The van der Waals surface area contributed by atoms with Crippen molar-refractivity contribution in [3.8, 4) is 11.5 Å². The predicted octanol–water partition coefficient (Wildman–Crippen LogP) is 5.05. The van der Waals surface area contributed by atoms with Gasteiger partial charge in [-0.3, -0.25) is 9.59 Å². The summed E-state index contributed by atoms with van der Waals surface area (Å²) in [4.78, 5) is 24.4. The maximum atomic E-state index is 12.2. The zero-order valence-corrected chi connectivity index (χ0v) is 21.0. The molecule has 7 nitrogen and oxygen atoms in total. The van der Waals surface area contributed by atoms with Crippen LogP contribution in [0.2, 0.25) is 0 Å². The van der Waals surface area contributed by atoms with Gasteiger partial charge < -0.3 is 14.8 Å². The van der Waals surface area contributed by atoms with Gasteiger partial charge in [-0.1, -0.05) is 48.0 Å². The number of para-hydroxylation sites is 1. The second-order valence-corrected chi connectivity index (χ2v) is 8.58. The van der Waals surface area contributed by atoms with Crippen molar-refractivity contribution in [2.45, 2.75) is 27.4 Å². The van der Waals surface area contributed by atoms with Gasteiger partial charge in [0, 0.05) is 5.69 Å². The van der Waals surface area contributed by atoms with E-state index in [9.17, 15) is 9.59 Å². The van der Waals surface area contributed by atoms with Crippen LogP contribution in [-0.4, -0.2) is 25.1 Å². The largest absolute Gasteiger partial charge is 0.493 e. The molecule has 0 atom stereocenters. The minimum Gasteiger partial charge on any atom is -0.493 e. The highest BCUT2D eigenvalue weighted by molar-refractivity contribution is 9.10. The number of anilines is 1. The zero-order valence-electron chi connectivity index (χ0n) is 19.4. The van der Waals surface area contributed by atoms with Crippen molar-refractivity contribution in [1.29, 1.82) is 0 Å². The van der Waals surface area contributed by atoms with E-state index in [2.05, 4.69) is 31.8 Å². The van der Waals surface area contributed by atoms with Crippen molar-refractivity contribution >= 4 is 39.6 Å². The van der Waals surface area contributed by atoms with Crippen LogP contribution in [0, 0.1) is 20.8 Å². The van der Waals surface area contributed by atoms with Crippen LogP contribution in [0.3, 0.4) is 0 Å². The standard InChI is InChI=1S/C26H26BrN3O4/c1-16-8-10-19(11-9-16)15-34-24-21(27)12-20(13-22(24)33-4)14-28-30-26(32)25(31)29-23-17(2)6-5-7-18(23)3/h5-14H,15H2,1-4H3,(H,29,31)(H,30,32)/b28-14+. The topological polar surface area (TPSA) is 89.0 Å². The van der Waals surface area contributed by atoms with Crippen LogP contribution in [0.4, 0.5) is 5.69 Å². The van der Waals surface area contributed by atoms with E-state index in [1.54, 1.807) is 19.2 Å². The van der Waals surface area contributed by atoms with E-state index >= 15 is 0 Å². The number of hydrogen-bond acceptors (Lipinski definition) is 5. The van der Waals surface area contributed by atoms with Gasteiger partial charge in [0.25, 0.3) is 0 Å². The van der Waals surface area contributed by atoms with Crippen LogP contribution in [0.5, 0.6) is 11.5 Å². The number of carbonyl (C=O) groups is 2. The Morgan fingerprint density at radius 3 is 2.32 bits per heavy atom. The molecule has 0 fully saturated rings. The Balaban J connectivity index is 1.63. The number of nitrogens with zero attached hydrogens (tertiary/aromatic N) is 1. The molecule has 0 aliphatic rings. The van der Waals surface area contributed by atoms with Gasteiger partial charge in [0.05, 0.1) is 17.8 Å². The molecular weight excluding hydrogens is 498 g/mol. The van der Waals surface area contributed by atoms with Gasteiger partial charge in [0.1, 0.15) is 6.61 Å². The average molecular weight is 524 g/mol. The number of methoxy groups -OCH3 is 1. The highest BCUT2D eigenvalue weighted by Crippen LogP contribution is 2.36. The van der Waals surface area contributed by atoms with Gasteiger partial charge in [0.15, 0.2) is 11.5 Å². The third kappa shape index (κ3) is 6.45. The van der Waals surface area contributed by atoms with E-state index < -0.39 is 11.8 Å². The highest BCUT2D eigenvalue weighted by Gasteiger charge is 2.15. The highest BCUT2D eigenvalue weighted by atomic mass is 79.9. The molecule has 176 valence electrons. The molecule has 0 aromatic heterocycles. The molecule has 0 aliphatic heterocycles. The molecule has 0 bridgehead atoms. The summed E-state index contributed by atoms with van der Waals surface area (Å²) in [6.45, 7) is 6.13. The average Bonchev–Trinajstić information content (AvgIpc) is 2.81. The van der Waals surface area contributed by atoms with Crippen LogP contribution in [0.15, 0.2) is 64.2 Å². The number of halogens is 1. The van der Waals surface area contributed by atoms with Gasteiger partial charge in [-0.2, -0.15) is 5.10 Å². The minimum atomic E-state index is -0.872. The lowest BCUT2D eigenvalue weighted by Gasteiger charge is -2.13. The Morgan fingerprint density at radius 1 is 1.00 bits per heavy atom. The lowest BCUT2D eigenvalue weighted by atomic mass is 10.1. The second-order valence-electron chi connectivity index (χ2n) is 7.73. The summed E-state index contributed by atoms with van der Waals surface area (Å²) in [6.07, 6.45) is 1.42. The number of nitrogens with one attached hydrogen (secondary N) is 2. The van der Waals surface area contributed by atoms with Crippen LogP contribution in [-0.2, 0) is 16.2 Å². The fourth-order valence-electron chi connectivity index (χ4n) is 3.19. The number of carbonyl (C=O) groups excluding carboxylic acids is 2. The Morgan fingerprint density at radius 2 is 1.68 bits per heavy atom. The molecule has 0 saturated heterocycles. The smallest absolute Gasteiger partial charge is 0.329 e. The molecule has 3 rings (SSSR count). The molecule has 0 heterocycles. The Bertz CT molecular complexity index is 1200. The fourth-order valence-corrected chi connectivity index (χ4v) is 3.77. The van der Waals surface area contributed by atoms with Crippen LogP contribution < -0.4 is 20.2 Å². The number of aryl methyl sites for hydroxylation is 3. The summed E-state index contributed by atoms with van der Waals surface area (Å²) >= 11 is 3.50. The van der Waals surface area contributed by atoms with Crippen LogP contribution in [0.1, 0.15) is 27.8 Å². The van der Waals surface area contributed by atoms with E-state index in [0.717, 1.165) is 16.7 Å². The molecule has 0 unspecified atom stereocenters. The number of ether oxygens (including phenoxy) is 2. The summed E-state index contributed by atoms with van der Waals surface area (Å²) in [7, 11) is 1.54. The lowest BCUT2D eigenvalue weighted by Crippen LogP contribution is -2.32. The van der Waals surface area contributed by atoms with Gasteiger partial charge in [-0.25, -0.2) is 5.43 Å². The first kappa shape index (κ1) is 25.0. The number of amides is 2. The molecule has 0 spiro atoms. The molecular formula is C26H26BrN3O4. The molecule has 0 saturated carbocycles. The van der Waals surface area contributed by atoms with Gasteiger partial charge in [0.2, 0.25) is 0 Å². The maximum absolute atomic E-state index is 12.2. The van der Waals surface area contributed by atoms with Gasteiger partial charge in [-0.05, 0) is 71.1 Å². The summed E-state index contributed by atoms with van der Waals surface area (Å²) in [5.41, 5.74) is 7.45. The molecule has 3 aromatic rings. The molecule has 34 heavy (non-hydrogen) atoms. The van der Waals surface area contributed by atoms with E-state index in [1.165, 1.54) is 11.8 Å². The Kier molecular flexibility index (Phi) is 8.43. The summed E-state index contributed by atoms with van der Waals surface area (Å²) < 4.78 is 12.1. The van der Waals surface area contributed by atoms with Gasteiger partial charge >= 0.3 is 11.8 Å². The molecule has 3 aromatic carbocycles. The Hall–Kier alpha value is -3.65. The van der Waals surface area contributed by atoms with Crippen molar-refractivity contribution in [2.24, 2.45) is 5.10 Å². The van der Waals surface area contributed by atoms with Crippen molar-refractivity contribution in [2.75, 3.05) is 12.4 Å². The third-order valence-electron chi connectivity index (χ3n) is 5.06. The van der Waals surface area contributed by atoms with Crippen molar-refractivity contribution in [3.63, 3.8) is 0 Å². The maximum Gasteiger partial charge on any atom is 0.329 e. The second kappa shape index (κ2) is 11.5. The first-order valence-corrected chi connectivity index (χ1v) is 11.3. The Labute approximate surface area is 207 Å². The quantitative estimate of drug-likeness (QED) is 0.257. The number of rotatable bonds is 7. The SMILES string of the molecule is COc1cc(/C=N/NC(=O)C(=O)Nc2c(C)cccc2C)cc(Br)c1OCc1ccc(C)cc1. The molecule has 2 amide bonds. The van der Waals surface area contributed by atoms with Gasteiger partial charge in [-0.15, -0.1) is 0 Å². The van der Waals surface area contributed by atoms with Crippen molar-refractivity contribution in [1.82, 2.24) is 5.43 Å². The number of hydrogen-bond donors (Lipinski definition) is 2. The summed E-state index contributed by atoms with van der Waals surface area (Å²) in [6, 6.07) is 17.2. The van der Waals surface area contributed by atoms with E-state index in [1.807, 2.05) is 63.2 Å². The van der Waals surface area contributed by atoms with Crippen LogP contribution >= 0.6 is 15.9 Å². The first-order chi connectivity index (χ1) is 16.3. The first-order valence-electron chi connectivity index (χ1n) is 10.5. The lowest BCUT2D eigenvalue weighted by molar-refractivity contribution is -0.136. The summed E-state index contributed by atoms with van der Waals surface area (Å²) in [5, 5.41) is 6.52. The summed E-state index contributed by atoms with van der Waals surface area (Å²) in [5.74, 6) is -0.615. The monoisotopic (exact) mass is 523 g/mol. The van der Waals surface area contributed by atoms with E-state index in [4.69, 9.17) is 9.47 Å². The molecule has 8 heteroatoms. The zero-order chi connectivity index (χ0) is 24.7. The molecule has 2 N–H and O–H groups in total. The third-order valence-corrected chi connectivity index (χ3v) is 5.65. The van der Waals surface area contributed by atoms with Crippen molar-refractivity contribution < 1.29 is 19.1 Å². The van der Waals surface area contributed by atoms with E-state index in [0.29, 0.717) is 33.8 Å². The van der Waals surface area contributed by atoms with Crippen molar-refractivity contribution in [3.05, 3.63) is 86.9 Å². The number of benzene rings is 3. The fraction of sp³-hybridized carbons (Fsp3) is 0.192. The predicted molar refractivity (Wildman–Crippen MR) is 136 cm³/mol. The minimum absolute atomic E-state index is 0.383. The molecule has 0 radical (unpaired) electrons. The number of hydrazone groups is 1.